The lowest BCUT2D eigenvalue weighted by Gasteiger charge is -2.09. The third kappa shape index (κ3) is 5.18. The first-order valence-corrected chi connectivity index (χ1v) is 8.69. The molecule has 0 aliphatic heterocycles. The minimum atomic E-state index is -0.602. The van der Waals surface area contributed by atoms with Crippen LogP contribution in [0.15, 0.2) is 59.8 Å². The third-order valence-electron chi connectivity index (χ3n) is 4.17. The molecule has 0 heterocycles. The normalized spacial score (nSPS) is 11.9. The second-order valence-electron chi connectivity index (χ2n) is 5.93. The van der Waals surface area contributed by atoms with Crippen LogP contribution in [0, 0.1) is 0 Å². The van der Waals surface area contributed by atoms with Gasteiger partial charge in [-0.15, -0.1) is 0 Å². The van der Waals surface area contributed by atoms with Gasteiger partial charge in [0.1, 0.15) is 0 Å². The largest absolute Gasteiger partial charge is 0.366 e. The van der Waals surface area contributed by atoms with E-state index in [2.05, 4.69) is 19.2 Å². The summed E-state index contributed by atoms with van der Waals surface area (Å²) in [5.41, 5.74) is 10.3. The molecule has 0 spiro atoms. The monoisotopic (exact) mass is 348 g/mol. The Morgan fingerprint density at radius 1 is 0.885 bits per heavy atom. The SMILES string of the molecule is CCc1ccc(/C=C(NC=O)/C(=C/c2ccc(CC)cc2)C(N)=O)cc1. The highest BCUT2D eigenvalue weighted by atomic mass is 16.1. The topological polar surface area (TPSA) is 72.2 Å². The Balaban J connectivity index is 2.43. The molecule has 0 atom stereocenters. The van der Waals surface area contributed by atoms with Crippen molar-refractivity contribution >= 4 is 24.5 Å². The van der Waals surface area contributed by atoms with Gasteiger partial charge in [0.25, 0.3) is 5.91 Å². The number of aryl methyl sites for hydroxylation is 2. The number of primary amides is 1. The highest BCUT2D eigenvalue weighted by Gasteiger charge is 2.12. The quantitative estimate of drug-likeness (QED) is 0.435. The van der Waals surface area contributed by atoms with Crippen LogP contribution in [-0.2, 0) is 22.4 Å². The van der Waals surface area contributed by atoms with Gasteiger partial charge < -0.3 is 11.1 Å². The first-order valence-electron chi connectivity index (χ1n) is 8.69. The van der Waals surface area contributed by atoms with Gasteiger partial charge in [-0.1, -0.05) is 62.4 Å². The number of hydrogen-bond acceptors (Lipinski definition) is 2. The summed E-state index contributed by atoms with van der Waals surface area (Å²) in [6, 6.07) is 15.8. The Labute approximate surface area is 154 Å². The molecule has 0 saturated carbocycles. The van der Waals surface area contributed by atoms with Crippen molar-refractivity contribution in [1.29, 1.82) is 0 Å². The van der Waals surface area contributed by atoms with Gasteiger partial charge in [-0.3, -0.25) is 9.59 Å². The summed E-state index contributed by atoms with van der Waals surface area (Å²) in [6.07, 6.45) is 5.86. The lowest BCUT2D eigenvalue weighted by atomic mass is 10.0. The van der Waals surface area contributed by atoms with E-state index in [1.165, 1.54) is 11.1 Å². The number of carbonyl (C=O) groups excluding carboxylic acids is 2. The molecule has 0 aromatic heterocycles. The van der Waals surface area contributed by atoms with Crippen LogP contribution in [0.1, 0.15) is 36.1 Å². The summed E-state index contributed by atoms with van der Waals surface area (Å²) in [7, 11) is 0. The Morgan fingerprint density at radius 2 is 1.35 bits per heavy atom. The van der Waals surface area contributed by atoms with Crippen molar-refractivity contribution in [3.05, 3.63) is 82.1 Å². The number of benzene rings is 2. The van der Waals surface area contributed by atoms with Crippen molar-refractivity contribution in [2.45, 2.75) is 26.7 Å². The molecule has 0 aliphatic carbocycles. The summed E-state index contributed by atoms with van der Waals surface area (Å²) in [4.78, 5) is 23.0. The molecule has 4 heteroatoms. The molecule has 0 aliphatic rings. The molecule has 2 aromatic carbocycles. The molecule has 2 rings (SSSR count). The maximum absolute atomic E-state index is 12.0. The van der Waals surface area contributed by atoms with Crippen LogP contribution >= 0.6 is 0 Å². The lowest BCUT2D eigenvalue weighted by Crippen LogP contribution is -2.22. The molecule has 2 amide bonds. The summed E-state index contributed by atoms with van der Waals surface area (Å²) in [5.74, 6) is -0.602. The Hall–Kier alpha value is -3.14. The Morgan fingerprint density at radius 3 is 1.73 bits per heavy atom. The predicted octanol–water partition coefficient (Wildman–Crippen LogP) is 3.47. The third-order valence-corrected chi connectivity index (χ3v) is 4.17. The molecule has 2 aromatic rings. The van der Waals surface area contributed by atoms with Crippen LogP contribution in [0.3, 0.4) is 0 Å². The fraction of sp³-hybridized carbons (Fsp3) is 0.182. The molecule has 0 radical (unpaired) electrons. The first kappa shape index (κ1) is 19.2. The van der Waals surface area contributed by atoms with Gasteiger partial charge in [-0.05, 0) is 47.2 Å². The molecule has 3 N–H and O–H groups in total. The van der Waals surface area contributed by atoms with E-state index >= 15 is 0 Å². The number of nitrogens with two attached hydrogens (primary N) is 1. The standard InChI is InChI=1S/C22H24N2O2/c1-3-16-5-9-18(10-6-16)13-20(22(23)26)21(24-15-25)14-19-11-7-17(4-2)8-12-19/h5-15H,3-4H2,1-2H3,(H2,23,26)(H,24,25)/b20-13-,21-14-. The molecule has 4 nitrogen and oxygen atoms in total. The number of carbonyl (C=O) groups is 2. The van der Waals surface area contributed by atoms with E-state index in [-0.39, 0.29) is 5.57 Å². The van der Waals surface area contributed by atoms with Crippen LogP contribution in [0.25, 0.3) is 12.2 Å². The second-order valence-corrected chi connectivity index (χ2v) is 5.93. The Bertz CT molecular complexity index is 816. The molecule has 0 fully saturated rings. The van der Waals surface area contributed by atoms with E-state index in [4.69, 9.17) is 5.73 Å². The number of amides is 2. The first-order chi connectivity index (χ1) is 12.6. The highest BCUT2D eigenvalue weighted by molar-refractivity contribution is 6.02. The minimum Gasteiger partial charge on any atom is -0.366 e. The molecule has 0 unspecified atom stereocenters. The number of nitrogens with one attached hydrogen (secondary N) is 1. The molecule has 26 heavy (non-hydrogen) atoms. The van der Waals surface area contributed by atoms with Gasteiger partial charge in [0.15, 0.2) is 0 Å². The van der Waals surface area contributed by atoms with Crippen molar-refractivity contribution in [3.63, 3.8) is 0 Å². The van der Waals surface area contributed by atoms with E-state index in [0.717, 1.165) is 24.0 Å². The van der Waals surface area contributed by atoms with Gasteiger partial charge in [0.05, 0.1) is 11.3 Å². The van der Waals surface area contributed by atoms with Gasteiger partial charge in [0, 0.05) is 0 Å². The van der Waals surface area contributed by atoms with Gasteiger partial charge in [0.2, 0.25) is 6.41 Å². The van der Waals surface area contributed by atoms with Crippen LogP contribution in [0.2, 0.25) is 0 Å². The van der Waals surface area contributed by atoms with E-state index in [9.17, 15) is 9.59 Å². The fourth-order valence-corrected chi connectivity index (χ4v) is 2.57. The summed E-state index contributed by atoms with van der Waals surface area (Å²) in [5, 5.41) is 2.60. The maximum atomic E-state index is 12.0. The van der Waals surface area contributed by atoms with Crippen molar-refractivity contribution in [2.75, 3.05) is 0 Å². The van der Waals surface area contributed by atoms with E-state index in [1.54, 1.807) is 12.2 Å². The molecule has 134 valence electrons. The van der Waals surface area contributed by atoms with Crippen LogP contribution in [-0.4, -0.2) is 12.3 Å². The molecule has 0 bridgehead atoms. The van der Waals surface area contributed by atoms with E-state index in [0.29, 0.717) is 12.1 Å². The minimum absolute atomic E-state index is 0.251. The zero-order valence-corrected chi connectivity index (χ0v) is 15.2. The zero-order chi connectivity index (χ0) is 18.9. The van der Waals surface area contributed by atoms with Gasteiger partial charge >= 0.3 is 0 Å². The summed E-state index contributed by atoms with van der Waals surface area (Å²) in [6.45, 7) is 4.17. The van der Waals surface area contributed by atoms with E-state index < -0.39 is 5.91 Å². The van der Waals surface area contributed by atoms with Crippen LogP contribution in [0.4, 0.5) is 0 Å². The summed E-state index contributed by atoms with van der Waals surface area (Å²) < 4.78 is 0. The van der Waals surface area contributed by atoms with Crippen molar-refractivity contribution in [1.82, 2.24) is 5.32 Å². The number of rotatable bonds is 8. The molecule has 0 saturated heterocycles. The van der Waals surface area contributed by atoms with Crippen LogP contribution in [0.5, 0.6) is 0 Å². The lowest BCUT2D eigenvalue weighted by molar-refractivity contribution is -0.114. The molecular formula is C22H24N2O2. The van der Waals surface area contributed by atoms with Crippen molar-refractivity contribution in [2.24, 2.45) is 5.73 Å². The highest BCUT2D eigenvalue weighted by Crippen LogP contribution is 2.17. The fourth-order valence-electron chi connectivity index (χ4n) is 2.57. The smallest absolute Gasteiger partial charge is 0.250 e. The predicted molar refractivity (Wildman–Crippen MR) is 106 cm³/mol. The second kappa shape index (κ2) is 9.37. The van der Waals surface area contributed by atoms with Crippen molar-refractivity contribution < 1.29 is 9.59 Å². The van der Waals surface area contributed by atoms with Gasteiger partial charge in [-0.25, -0.2) is 0 Å². The number of hydrogen-bond donors (Lipinski definition) is 2. The zero-order valence-electron chi connectivity index (χ0n) is 15.2. The summed E-state index contributed by atoms with van der Waals surface area (Å²) >= 11 is 0. The van der Waals surface area contributed by atoms with Gasteiger partial charge in [-0.2, -0.15) is 0 Å². The van der Waals surface area contributed by atoms with Crippen LogP contribution < -0.4 is 11.1 Å². The molecular weight excluding hydrogens is 324 g/mol. The Kier molecular flexibility index (Phi) is 6.92. The van der Waals surface area contributed by atoms with E-state index in [1.807, 2.05) is 48.5 Å². The maximum Gasteiger partial charge on any atom is 0.250 e. The average molecular weight is 348 g/mol. The van der Waals surface area contributed by atoms with Crippen molar-refractivity contribution in [3.8, 4) is 0 Å². The average Bonchev–Trinajstić information content (AvgIpc) is 2.66.